The molecule has 174 valence electrons. The SMILES string of the molecule is Cc1nn(-c2ccccc2)c(C)c1CNC(=O)C1CCN(S(=O)(=O)c2ccc(Cl)cc2)CC1. The highest BCUT2D eigenvalue weighted by molar-refractivity contribution is 7.89. The van der Waals surface area contributed by atoms with E-state index in [9.17, 15) is 13.2 Å². The zero-order chi connectivity index (χ0) is 23.6. The van der Waals surface area contributed by atoms with Crippen LogP contribution in [0.15, 0.2) is 59.5 Å². The molecule has 0 spiro atoms. The Balaban J connectivity index is 1.36. The van der Waals surface area contributed by atoms with Crippen molar-refractivity contribution in [3.63, 3.8) is 0 Å². The number of sulfonamides is 1. The summed E-state index contributed by atoms with van der Waals surface area (Å²) in [6.07, 6.45) is 0.972. The van der Waals surface area contributed by atoms with Crippen LogP contribution >= 0.6 is 11.6 Å². The van der Waals surface area contributed by atoms with Gasteiger partial charge in [0, 0.05) is 41.8 Å². The fourth-order valence-electron chi connectivity index (χ4n) is 4.19. The molecule has 1 fully saturated rings. The van der Waals surface area contributed by atoms with E-state index in [2.05, 4.69) is 10.4 Å². The van der Waals surface area contributed by atoms with Crippen LogP contribution < -0.4 is 5.32 Å². The second-order valence-corrected chi connectivity index (χ2v) is 10.6. The summed E-state index contributed by atoms with van der Waals surface area (Å²) in [7, 11) is -3.59. The molecule has 0 unspecified atom stereocenters. The van der Waals surface area contributed by atoms with Gasteiger partial charge < -0.3 is 5.32 Å². The number of carbonyl (C=O) groups is 1. The second kappa shape index (κ2) is 9.67. The number of hydrogen-bond acceptors (Lipinski definition) is 4. The van der Waals surface area contributed by atoms with Gasteiger partial charge in [-0.3, -0.25) is 4.79 Å². The highest BCUT2D eigenvalue weighted by Crippen LogP contribution is 2.25. The molecule has 0 aliphatic carbocycles. The third-order valence-electron chi connectivity index (χ3n) is 6.16. The monoisotopic (exact) mass is 486 g/mol. The molecule has 7 nitrogen and oxygen atoms in total. The van der Waals surface area contributed by atoms with Gasteiger partial charge in [0.25, 0.3) is 0 Å². The Labute approximate surface area is 199 Å². The first-order valence-corrected chi connectivity index (χ1v) is 12.7. The first-order chi connectivity index (χ1) is 15.8. The number of amides is 1. The number of piperidine rings is 1. The Morgan fingerprint density at radius 1 is 1.06 bits per heavy atom. The summed E-state index contributed by atoms with van der Waals surface area (Å²) in [5.41, 5.74) is 3.84. The van der Waals surface area contributed by atoms with Gasteiger partial charge in [0.05, 0.1) is 16.3 Å². The lowest BCUT2D eigenvalue weighted by atomic mass is 9.97. The zero-order valence-electron chi connectivity index (χ0n) is 18.7. The molecule has 33 heavy (non-hydrogen) atoms. The number of hydrogen-bond donors (Lipinski definition) is 1. The van der Waals surface area contributed by atoms with Crippen LogP contribution in [-0.4, -0.2) is 41.5 Å². The third-order valence-corrected chi connectivity index (χ3v) is 8.32. The maximum Gasteiger partial charge on any atom is 0.243 e. The van der Waals surface area contributed by atoms with Crippen molar-refractivity contribution >= 4 is 27.5 Å². The van der Waals surface area contributed by atoms with Gasteiger partial charge in [0.2, 0.25) is 15.9 Å². The van der Waals surface area contributed by atoms with Gasteiger partial charge in [-0.2, -0.15) is 9.40 Å². The van der Waals surface area contributed by atoms with Crippen LogP contribution in [-0.2, 0) is 21.4 Å². The van der Waals surface area contributed by atoms with Crippen molar-refractivity contribution in [1.82, 2.24) is 19.4 Å². The van der Waals surface area contributed by atoms with Crippen LogP contribution in [0.3, 0.4) is 0 Å². The van der Waals surface area contributed by atoms with E-state index in [1.807, 2.05) is 48.9 Å². The molecule has 1 saturated heterocycles. The fourth-order valence-corrected chi connectivity index (χ4v) is 5.78. The van der Waals surface area contributed by atoms with E-state index < -0.39 is 10.0 Å². The lowest BCUT2D eigenvalue weighted by Crippen LogP contribution is -2.42. The Bertz CT molecular complexity index is 1230. The van der Waals surface area contributed by atoms with Crippen molar-refractivity contribution in [3.8, 4) is 5.69 Å². The summed E-state index contributed by atoms with van der Waals surface area (Å²) in [6.45, 7) is 4.95. The molecule has 2 heterocycles. The van der Waals surface area contributed by atoms with Crippen LogP contribution in [0.5, 0.6) is 0 Å². The molecule has 1 N–H and O–H groups in total. The number of aryl methyl sites for hydroxylation is 1. The number of halogens is 1. The Morgan fingerprint density at radius 3 is 2.33 bits per heavy atom. The lowest BCUT2D eigenvalue weighted by Gasteiger charge is -2.30. The average molecular weight is 487 g/mol. The molecule has 0 bridgehead atoms. The molecule has 2 aromatic carbocycles. The highest BCUT2D eigenvalue weighted by Gasteiger charge is 2.32. The summed E-state index contributed by atoms with van der Waals surface area (Å²) in [4.78, 5) is 13.0. The van der Waals surface area contributed by atoms with E-state index in [-0.39, 0.29) is 16.7 Å². The molecule has 1 aliphatic rings. The molecular formula is C24H27ClN4O3S. The minimum absolute atomic E-state index is 0.0511. The molecule has 4 rings (SSSR count). The topological polar surface area (TPSA) is 84.3 Å². The summed E-state index contributed by atoms with van der Waals surface area (Å²) >= 11 is 5.87. The minimum Gasteiger partial charge on any atom is -0.352 e. The van der Waals surface area contributed by atoms with Crippen molar-refractivity contribution in [1.29, 1.82) is 0 Å². The third kappa shape index (κ3) is 4.98. The van der Waals surface area contributed by atoms with Gasteiger partial charge in [-0.1, -0.05) is 29.8 Å². The Morgan fingerprint density at radius 2 is 1.70 bits per heavy atom. The maximum atomic E-state index is 12.9. The molecule has 0 radical (unpaired) electrons. The van der Waals surface area contributed by atoms with Crippen molar-refractivity contribution in [2.75, 3.05) is 13.1 Å². The summed E-state index contributed by atoms with van der Waals surface area (Å²) in [5, 5.41) is 8.15. The number of aromatic nitrogens is 2. The highest BCUT2D eigenvalue weighted by atomic mass is 35.5. The van der Waals surface area contributed by atoms with Gasteiger partial charge in [-0.15, -0.1) is 0 Å². The van der Waals surface area contributed by atoms with Gasteiger partial charge in [0.15, 0.2) is 0 Å². The molecule has 3 aromatic rings. The van der Waals surface area contributed by atoms with Crippen LogP contribution in [0.2, 0.25) is 5.02 Å². The Kier molecular flexibility index (Phi) is 6.88. The van der Waals surface area contributed by atoms with E-state index in [4.69, 9.17) is 11.6 Å². The smallest absolute Gasteiger partial charge is 0.243 e. The van der Waals surface area contributed by atoms with Crippen molar-refractivity contribution < 1.29 is 13.2 Å². The van der Waals surface area contributed by atoms with E-state index in [0.717, 1.165) is 22.6 Å². The molecule has 0 atom stereocenters. The quantitative estimate of drug-likeness (QED) is 0.573. The van der Waals surface area contributed by atoms with Crippen LogP contribution in [0.4, 0.5) is 0 Å². The number of benzene rings is 2. The van der Waals surface area contributed by atoms with Gasteiger partial charge in [-0.25, -0.2) is 13.1 Å². The molecule has 1 aromatic heterocycles. The number of nitrogens with zero attached hydrogens (tertiary/aromatic N) is 3. The molecular weight excluding hydrogens is 460 g/mol. The number of rotatable bonds is 6. The van der Waals surface area contributed by atoms with Crippen LogP contribution in [0, 0.1) is 19.8 Å². The lowest BCUT2D eigenvalue weighted by molar-refractivity contribution is -0.126. The molecule has 9 heteroatoms. The first-order valence-electron chi connectivity index (χ1n) is 10.9. The Hall–Kier alpha value is -2.68. The van der Waals surface area contributed by atoms with Crippen molar-refractivity contribution in [3.05, 3.63) is 76.6 Å². The van der Waals surface area contributed by atoms with Crippen LogP contribution in [0.25, 0.3) is 5.69 Å². The average Bonchev–Trinajstić information content (AvgIpc) is 3.11. The zero-order valence-corrected chi connectivity index (χ0v) is 20.2. The minimum atomic E-state index is -3.59. The van der Waals surface area contributed by atoms with E-state index in [1.165, 1.54) is 16.4 Å². The second-order valence-electron chi connectivity index (χ2n) is 8.25. The number of para-hydroxylation sites is 1. The predicted octanol–water partition coefficient (Wildman–Crippen LogP) is 3.86. The van der Waals surface area contributed by atoms with Crippen molar-refractivity contribution in [2.24, 2.45) is 5.92 Å². The standard InChI is InChI=1S/C24H27ClN4O3S/c1-17-23(18(2)29(27-17)21-6-4-3-5-7-21)16-26-24(30)19-12-14-28(15-13-19)33(31,32)22-10-8-20(25)9-11-22/h3-11,19H,12-16H2,1-2H3,(H,26,30). The fraction of sp³-hybridized carbons (Fsp3) is 0.333. The number of carbonyl (C=O) groups excluding carboxylic acids is 1. The van der Waals surface area contributed by atoms with Crippen LogP contribution in [0.1, 0.15) is 29.8 Å². The largest absolute Gasteiger partial charge is 0.352 e. The van der Waals surface area contributed by atoms with Gasteiger partial charge >= 0.3 is 0 Å². The summed E-state index contributed by atoms with van der Waals surface area (Å²) < 4.78 is 29.0. The predicted molar refractivity (Wildman–Crippen MR) is 128 cm³/mol. The maximum absolute atomic E-state index is 12.9. The van der Waals surface area contributed by atoms with E-state index in [0.29, 0.717) is 37.5 Å². The normalized spacial score (nSPS) is 15.5. The summed E-state index contributed by atoms with van der Waals surface area (Å²) in [6, 6.07) is 16.0. The van der Waals surface area contributed by atoms with E-state index >= 15 is 0 Å². The first kappa shape index (κ1) is 23.5. The van der Waals surface area contributed by atoms with Gasteiger partial charge in [-0.05, 0) is 63.1 Å². The van der Waals surface area contributed by atoms with Crippen molar-refractivity contribution in [2.45, 2.75) is 38.1 Å². The molecule has 0 saturated carbocycles. The molecule has 1 aliphatic heterocycles. The van der Waals surface area contributed by atoms with E-state index in [1.54, 1.807) is 12.1 Å². The molecule has 1 amide bonds. The number of nitrogens with one attached hydrogen (secondary N) is 1. The summed E-state index contributed by atoms with van der Waals surface area (Å²) in [5.74, 6) is -0.267. The van der Waals surface area contributed by atoms with Gasteiger partial charge in [0.1, 0.15) is 0 Å².